The molecule has 3 aromatic rings. The number of imidazole rings is 1. The molecule has 2 heterocycles. The predicted molar refractivity (Wildman–Crippen MR) is 95.2 cm³/mol. The Morgan fingerprint density at radius 2 is 2.00 bits per heavy atom. The molecule has 25 heavy (non-hydrogen) atoms. The summed E-state index contributed by atoms with van der Waals surface area (Å²) in [7, 11) is 0. The summed E-state index contributed by atoms with van der Waals surface area (Å²) in [6.45, 7) is 3.19. The Balaban J connectivity index is 1.46. The van der Waals surface area contributed by atoms with Crippen LogP contribution in [-0.2, 0) is 11.2 Å². The van der Waals surface area contributed by atoms with E-state index in [0.717, 1.165) is 40.3 Å². The molecule has 6 nitrogen and oxygen atoms in total. The minimum atomic E-state index is -0.0786. The summed E-state index contributed by atoms with van der Waals surface area (Å²) in [5, 5.41) is 2.93. The van der Waals surface area contributed by atoms with Gasteiger partial charge in [-0.2, -0.15) is 0 Å². The maximum absolute atomic E-state index is 12.4. The molecule has 6 heteroatoms. The molecule has 128 valence electrons. The predicted octanol–water partition coefficient (Wildman–Crippen LogP) is 3.21. The molecule has 0 saturated carbocycles. The number of hydrogen-bond donors (Lipinski definition) is 2. The molecule has 0 fully saturated rings. The van der Waals surface area contributed by atoms with Crippen LogP contribution in [0, 0.1) is 6.92 Å². The van der Waals surface area contributed by atoms with Crippen LogP contribution in [0.2, 0.25) is 0 Å². The number of benzene rings is 2. The number of fused-ring (bicyclic) bond motifs is 2. The number of nitrogens with one attached hydrogen (secondary N) is 2. The molecule has 0 spiro atoms. The number of rotatable bonds is 3. The van der Waals surface area contributed by atoms with Crippen LogP contribution >= 0.6 is 0 Å². The van der Waals surface area contributed by atoms with Crippen molar-refractivity contribution in [1.82, 2.24) is 9.97 Å². The second kappa shape index (κ2) is 6.47. The lowest BCUT2D eigenvalue weighted by Crippen LogP contribution is -2.14. The van der Waals surface area contributed by atoms with Crippen LogP contribution < -0.4 is 14.8 Å². The Bertz CT molecular complexity index is 933. The first-order valence-electron chi connectivity index (χ1n) is 8.32. The molecule has 1 aliphatic heterocycles. The van der Waals surface area contributed by atoms with E-state index in [1.54, 1.807) is 0 Å². The highest BCUT2D eigenvalue weighted by Gasteiger charge is 2.12. The van der Waals surface area contributed by atoms with Crippen molar-refractivity contribution in [2.75, 3.05) is 18.5 Å². The number of carbonyl (C=O) groups is 1. The molecule has 0 bridgehead atoms. The van der Waals surface area contributed by atoms with Crippen molar-refractivity contribution >= 4 is 22.6 Å². The van der Waals surface area contributed by atoms with Gasteiger partial charge in [0.2, 0.25) is 5.91 Å². The number of nitrogens with zero attached hydrogens (tertiary/aromatic N) is 1. The van der Waals surface area contributed by atoms with Crippen LogP contribution in [-0.4, -0.2) is 29.1 Å². The van der Waals surface area contributed by atoms with Gasteiger partial charge in [0, 0.05) is 12.1 Å². The van der Waals surface area contributed by atoms with Gasteiger partial charge in [0.25, 0.3) is 0 Å². The highest BCUT2D eigenvalue weighted by molar-refractivity contribution is 5.94. The van der Waals surface area contributed by atoms with Gasteiger partial charge >= 0.3 is 0 Å². The zero-order chi connectivity index (χ0) is 17.2. The standard InChI is InChI=1S/C19H19N3O3/c1-12-20-15-5-4-14(11-16(15)21-12)22-19(23)10-13-3-6-17-18(9-13)25-8-2-7-24-17/h3-6,9,11H,2,7-8,10H2,1H3,(H,20,21)(H,22,23). The average molecular weight is 337 g/mol. The van der Waals surface area contributed by atoms with Gasteiger partial charge in [0.05, 0.1) is 30.7 Å². The quantitative estimate of drug-likeness (QED) is 0.769. The van der Waals surface area contributed by atoms with Crippen LogP contribution in [0.1, 0.15) is 17.8 Å². The lowest BCUT2D eigenvalue weighted by atomic mass is 10.1. The van der Waals surface area contributed by atoms with Crippen LogP contribution in [0.3, 0.4) is 0 Å². The first kappa shape index (κ1) is 15.5. The molecule has 0 unspecified atom stereocenters. The number of ether oxygens (including phenoxy) is 2. The maximum atomic E-state index is 12.4. The van der Waals surface area contributed by atoms with Crippen molar-refractivity contribution in [3.8, 4) is 11.5 Å². The number of anilines is 1. The Morgan fingerprint density at radius 1 is 1.16 bits per heavy atom. The zero-order valence-corrected chi connectivity index (χ0v) is 14.0. The summed E-state index contributed by atoms with van der Waals surface area (Å²) in [5.74, 6) is 2.22. The fraction of sp³-hybridized carbons (Fsp3) is 0.263. The lowest BCUT2D eigenvalue weighted by Gasteiger charge is -2.10. The second-order valence-corrected chi connectivity index (χ2v) is 6.11. The van der Waals surface area contributed by atoms with E-state index in [2.05, 4.69) is 15.3 Å². The molecule has 2 aromatic carbocycles. The molecule has 1 aromatic heterocycles. The maximum Gasteiger partial charge on any atom is 0.228 e. The van der Waals surface area contributed by atoms with Crippen molar-refractivity contribution in [2.45, 2.75) is 19.8 Å². The van der Waals surface area contributed by atoms with Gasteiger partial charge in [-0.25, -0.2) is 4.98 Å². The molecule has 0 atom stereocenters. The SMILES string of the molecule is Cc1nc2ccc(NC(=O)Cc3ccc4c(c3)OCCCO4)cc2[nH]1. The minimum Gasteiger partial charge on any atom is -0.490 e. The van der Waals surface area contributed by atoms with E-state index in [9.17, 15) is 4.79 Å². The topological polar surface area (TPSA) is 76.2 Å². The van der Waals surface area contributed by atoms with Crippen LogP contribution in [0.4, 0.5) is 5.69 Å². The zero-order valence-electron chi connectivity index (χ0n) is 14.0. The number of hydrogen-bond acceptors (Lipinski definition) is 4. The molecule has 0 aliphatic carbocycles. The number of amides is 1. The molecular formula is C19H19N3O3. The Hall–Kier alpha value is -3.02. The summed E-state index contributed by atoms with van der Waals surface area (Å²) < 4.78 is 11.3. The monoisotopic (exact) mass is 337 g/mol. The third-order valence-corrected chi connectivity index (χ3v) is 4.06. The normalized spacial score (nSPS) is 13.5. The van der Waals surface area contributed by atoms with E-state index < -0.39 is 0 Å². The van der Waals surface area contributed by atoms with E-state index in [0.29, 0.717) is 19.0 Å². The minimum absolute atomic E-state index is 0.0786. The molecule has 0 radical (unpaired) electrons. The highest BCUT2D eigenvalue weighted by Crippen LogP contribution is 2.30. The van der Waals surface area contributed by atoms with Crippen molar-refractivity contribution < 1.29 is 14.3 Å². The van der Waals surface area contributed by atoms with Gasteiger partial charge in [0.1, 0.15) is 5.82 Å². The molecule has 1 aliphatic rings. The summed E-state index contributed by atoms with van der Waals surface area (Å²) in [6.07, 6.45) is 1.14. The summed E-state index contributed by atoms with van der Waals surface area (Å²) in [5.41, 5.74) is 3.43. The number of carbonyl (C=O) groups excluding carboxylic acids is 1. The van der Waals surface area contributed by atoms with Gasteiger partial charge in [-0.15, -0.1) is 0 Å². The second-order valence-electron chi connectivity index (χ2n) is 6.11. The summed E-state index contributed by atoms with van der Waals surface area (Å²) in [6, 6.07) is 11.3. The Labute approximate surface area is 145 Å². The fourth-order valence-electron chi connectivity index (χ4n) is 2.92. The van der Waals surface area contributed by atoms with Crippen molar-refractivity contribution in [3.63, 3.8) is 0 Å². The molecule has 0 saturated heterocycles. The van der Waals surface area contributed by atoms with E-state index in [1.807, 2.05) is 43.3 Å². The number of H-pyrrole nitrogens is 1. The Kier molecular flexibility index (Phi) is 4.01. The van der Waals surface area contributed by atoms with Crippen LogP contribution in [0.15, 0.2) is 36.4 Å². The van der Waals surface area contributed by atoms with E-state index in [-0.39, 0.29) is 12.3 Å². The van der Waals surface area contributed by atoms with E-state index >= 15 is 0 Å². The molecule has 4 rings (SSSR count). The third-order valence-electron chi connectivity index (χ3n) is 4.06. The number of aryl methyl sites for hydroxylation is 1. The number of aromatic amines is 1. The highest BCUT2D eigenvalue weighted by atomic mass is 16.5. The van der Waals surface area contributed by atoms with Crippen LogP contribution in [0.5, 0.6) is 11.5 Å². The lowest BCUT2D eigenvalue weighted by molar-refractivity contribution is -0.115. The first-order chi connectivity index (χ1) is 12.2. The fourth-order valence-corrected chi connectivity index (χ4v) is 2.92. The van der Waals surface area contributed by atoms with Crippen molar-refractivity contribution in [2.24, 2.45) is 0 Å². The summed E-state index contributed by atoms with van der Waals surface area (Å²) in [4.78, 5) is 19.9. The van der Waals surface area contributed by atoms with Gasteiger partial charge in [-0.3, -0.25) is 4.79 Å². The molecular weight excluding hydrogens is 318 g/mol. The van der Waals surface area contributed by atoms with Crippen molar-refractivity contribution in [1.29, 1.82) is 0 Å². The van der Waals surface area contributed by atoms with Gasteiger partial charge in [0.15, 0.2) is 11.5 Å². The molecule has 2 N–H and O–H groups in total. The van der Waals surface area contributed by atoms with Crippen molar-refractivity contribution in [3.05, 3.63) is 47.8 Å². The average Bonchev–Trinajstić information content (AvgIpc) is 2.79. The van der Waals surface area contributed by atoms with E-state index in [4.69, 9.17) is 9.47 Å². The van der Waals surface area contributed by atoms with Crippen LogP contribution in [0.25, 0.3) is 11.0 Å². The van der Waals surface area contributed by atoms with Gasteiger partial charge < -0.3 is 19.8 Å². The third kappa shape index (κ3) is 3.42. The largest absolute Gasteiger partial charge is 0.490 e. The first-order valence-corrected chi connectivity index (χ1v) is 8.32. The van der Waals surface area contributed by atoms with Gasteiger partial charge in [-0.1, -0.05) is 6.07 Å². The van der Waals surface area contributed by atoms with E-state index in [1.165, 1.54) is 0 Å². The Morgan fingerprint density at radius 3 is 2.88 bits per heavy atom. The summed E-state index contributed by atoms with van der Waals surface area (Å²) >= 11 is 0. The number of aromatic nitrogens is 2. The molecule has 1 amide bonds. The van der Waals surface area contributed by atoms with Gasteiger partial charge in [-0.05, 0) is 42.8 Å². The smallest absolute Gasteiger partial charge is 0.228 e.